The number of hydrogen-bond donors (Lipinski definition) is 2. The largest absolute Gasteiger partial charge is 0.478 e. The molecule has 0 spiro atoms. The number of carboxylic acids is 1. The molecule has 0 aliphatic rings. The van der Waals surface area contributed by atoms with Gasteiger partial charge in [0.05, 0.1) is 11.8 Å². The minimum atomic E-state index is -4.76. The van der Waals surface area contributed by atoms with Crippen molar-refractivity contribution in [3.05, 3.63) is 47.4 Å². The number of hydrogen-bond acceptors (Lipinski definition) is 6. The summed E-state index contributed by atoms with van der Waals surface area (Å²) in [5.41, 5.74) is -2.16. The summed E-state index contributed by atoms with van der Waals surface area (Å²) in [5.74, 6) is -1.82. The van der Waals surface area contributed by atoms with Gasteiger partial charge in [-0.2, -0.15) is 13.2 Å². The predicted molar refractivity (Wildman–Crippen MR) is 93.6 cm³/mol. The second-order valence-corrected chi connectivity index (χ2v) is 6.87. The quantitative estimate of drug-likeness (QED) is 0.762. The van der Waals surface area contributed by atoms with E-state index in [1.54, 1.807) is 20.8 Å². The topological polar surface area (TPSA) is 111 Å². The number of alkyl halides is 3. The maximum atomic E-state index is 13.2. The molecule has 8 nitrogen and oxygen atoms in total. The van der Waals surface area contributed by atoms with Crippen LogP contribution < -0.4 is 10.1 Å². The Hall–Kier alpha value is -3.37. The molecule has 0 saturated carbocycles. The minimum absolute atomic E-state index is 0.0514. The molecular formula is C18H18F3N3O5. The Balaban J connectivity index is 2.26. The number of alkyl carbamates (subject to hydrolysis) is 1. The zero-order chi connectivity index (χ0) is 21.8. The SMILES string of the molecule is CC(C)(C)OC(=O)NCc1cc(Oc2cncc(C(=O)O)c2)nc(C(F)(F)F)c1. The molecule has 156 valence electrons. The molecule has 11 heteroatoms. The van der Waals surface area contributed by atoms with Crippen molar-refractivity contribution in [3.63, 3.8) is 0 Å². The molecule has 0 fully saturated rings. The second kappa shape index (κ2) is 8.33. The molecule has 0 aliphatic carbocycles. The Labute approximate surface area is 163 Å². The zero-order valence-corrected chi connectivity index (χ0v) is 15.7. The van der Waals surface area contributed by atoms with E-state index < -0.39 is 35.4 Å². The number of nitrogens with zero attached hydrogens (tertiary/aromatic N) is 2. The maximum absolute atomic E-state index is 13.2. The highest BCUT2D eigenvalue weighted by Gasteiger charge is 2.33. The Kier molecular flexibility index (Phi) is 6.30. The summed E-state index contributed by atoms with van der Waals surface area (Å²) in [6.07, 6.45) is -3.37. The van der Waals surface area contributed by atoms with Gasteiger partial charge < -0.3 is 19.9 Å². The van der Waals surface area contributed by atoms with Crippen LogP contribution in [0.15, 0.2) is 30.6 Å². The van der Waals surface area contributed by atoms with Crippen LogP contribution in [-0.2, 0) is 17.5 Å². The van der Waals surface area contributed by atoms with Gasteiger partial charge in [-0.15, -0.1) is 0 Å². The van der Waals surface area contributed by atoms with Gasteiger partial charge in [0, 0.05) is 18.8 Å². The first-order chi connectivity index (χ1) is 13.3. The highest BCUT2D eigenvalue weighted by molar-refractivity contribution is 5.87. The first-order valence-corrected chi connectivity index (χ1v) is 8.25. The van der Waals surface area contributed by atoms with Gasteiger partial charge in [-0.05, 0) is 38.5 Å². The smallest absolute Gasteiger partial charge is 0.433 e. The molecule has 29 heavy (non-hydrogen) atoms. The molecule has 0 atom stereocenters. The number of rotatable bonds is 5. The lowest BCUT2D eigenvalue weighted by molar-refractivity contribution is -0.141. The minimum Gasteiger partial charge on any atom is -0.478 e. The number of aromatic carboxylic acids is 1. The van der Waals surface area contributed by atoms with Crippen molar-refractivity contribution < 1.29 is 37.3 Å². The highest BCUT2D eigenvalue weighted by Crippen LogP contribution is 2.31. The number of nitrogens with one attached hydrogen (secondary N) is 1. The van der Waals surface area contributed by atoms with Gasteiger partial charge in [0.1, 0.15) is 17.0 Å². The van der Waals surface area contributed by atoms with Gasteiger partial charge in [0.2, 0.25) is 5.88 Å². The van der Waals surface area contributed by atoms with Crippen LogP contribution in [0.25, 0.3) is 0 Å². The van der Waals surface area contributed by atoms with Crippen molar-refractivity contribution in [3.8, 4) is 11.6 Å². The van der Waals surface area contributed by atoms with Crippen molar-refractivity contribution in [2.45, 2.75) is 39.1 Å². The van der Waals surface area contributed by atoms with Crippen LogP contribution in [-0.4, -0.2) is 32.7 Å². The Bertz CT molecular complexity index is 910. The molecule has 2 heterocycles. The van der Waals surface area contributed by atoms with E-state index in [4.69, 9.17) is 14.6 Å². The van der Waals surface area contributed by atoms with E-state index in [-0.39, 0.29) is 23.4 Å². The van der Waals surface area contributed by atoms with E-state index in [2.05, 4.69) is 15.3 Å². The van der Waals surface area contributed by atoms with Gasteiger partial charge in [-0.1, -0.05) is 0 Å². The molecule has 0 radical (unpaired) electrons. The molecule has 2 aromatic heterocycles. The van der Waals surface area contributed by atoms with E-state index in [0.717, 1.165) is 24.5 Å². The normalized spacial score (nSPS) is 11.7. The van der Waals surface area contributed by atoms with Crippen LogP contribution in [0.4, 0.5) is 18.0 Å². The van der Waals surface area contributed by atoms with Crippen LogP contribution in [0.3, 0.4) is 0 Å². The Morgan fingerprint density at radius 1 is 1.14 bits per heavy atom. The Morgan fingerprint density at radius 3 is 2.41 bits per heavy atom. The maximum Gasteiger partial charge on any atom is 0.433 e. The van der Waals surface area contributed by atoms with Gasteiger partial charge >= 0.3 is 18.2 Å². The van der Waals surface area contributed by atoms with Crippen molar-refractivity contribution in [1.82, 2.24) is 15.3 Å². The van der Waals surface area contributed by atoms with Gasteiger partial charge in [-0.25, -0.2) is 14.6 Å². The lowest BCUT2D eigenvalue weighted by atomic mass is 10.2. The summed E-state index contributed by atoms with van der Waals surface area (Å²) in [6.45, 7) is 4.66. The standard InChI is InChI=1S/C18H18F3N3O5/c1-17(2,3)29-16(27)23-7-10-4-13(18(19,20)21)24-14(5-10)28-12-6-11(15(25)26)8-22-9-12/h4-6,8-9H,7H2,1-3H3,(H,23,27)(H,25,26). The summed E-state index contributed by atoms with van der Waals surface area (Å²) in [4.78, 5) is 29.8. The van der Waals surface area contributed by atoms with Gasteiger partial charge in [-0.3, -0.25) is 4.98 Å². The summed E-state index contributed by atoms with van der Waals surface area (Å²) < 4.78 is 49.8. The van der Waals surface area contributed by atoms with E-state index in [0.29, 0.717) is 0 Å². The Morgan fingerprint density at radius 2 is 1.83 bits per heavy atom. The lowest BCUT2D eigenvalue weighted by Crippen LogP contribution is -2.32. The van der Waals surface area contributed by atoms with Gasteiger partial charge in [0.25, 0.3) is 0 Å². The fourth-order valence-electron chi connectivity index (χ4n) is 2.06. The van der Waals surface area contributed by atoms with Crippen molar-refractivity contribution >= 4 is 12.1 Å². The molecule has 2 N–H and O–H groups in total. The highest BCUT2D eigenvalue weighted by atomic mass is 19.4. The number of pyridine rings is 2. The van der Waals surface area contributed by atoms with Gasteiger partial charge in [0.15, 0.2) is 0 Å². The number of carboxylic acid groups (broad SMARTS) is 1. The van der Waals surface area contributed by atoms with Crippen molar-refractivity contribution in [1.29, 1.82) is 0 Å². The van der Waals surface area contributed by atoms with Crippen LogP contribution >= 0.6 is 0 Å². The molecule has 2 aromatic rings. The molecule has 2 rings (SSSR count). The van der Waals surface area contributed by atoms with Crippen LogP contribution in [0, 0.1) is 0 Å². The molecular weight excluding hydrogens is 395 g/mol. The average Bonchev–Trinajstić information content (AvgIpc) is 2.58. The van der Waals surface area contributed by atoms with E-state index in [1.807, 2.05) is 0 Å². The number of carbonyl (C=O) groups is 2. The third-order valence-electron chi connectivity index (χ3n) is 3.17. The summed E-state index contributed by atoms with van der Waals surface area (Å²) in [5, 5.41) is 11.3. The number of ether oxygens (including phenoxy) is 2. The van der Waals surface area contributed by atoms with Crippen molar-refractivity contribution in [2.75, 3.05) is 0 Å². The monoisotopic (exact) mass is 413 g/mol. The number of halogens is 3. The van der Waals surface area contributed by atoms with Crippen molar-refractivity contribution in [2.24, 2.45) is 0 Å². The summed E-state index contributed by atoms with van der Waals surface area (Å²) >= 11 is 0. The molecule has 0 aliphatic heterocycles. The van der Waals surface area contributed by atoms with Crippen LogP contribution in [0.1, 0.15) is 42.4 Å². The third kappa shape index (κ3) is 6.94. The van der Waals surface area contributed by atoms with E-state index in [9.17, 15) is 22.8 Å². The third-order valence-corrected chi connectivity index (χ3v) is 3.17. The average molecular weight is 413 g/mol. The van der Waals surface area contributed by atoms with Crippen LogP contribution in [0.2, 0.25) is 0 Å². The fraction of sp³-hybridized carbons (Fsp3) is 0.333. The van der Waals surface area contributed by atoms with E-state index in [1.165, 1.54) is 6.07 Å². The number of aromatic nitrogens is 2. The fourth-order valence-corrected chi connectivity index (χ4v) is 2.06. The van der Waals surface area contributed by atoms with E-state index >= 15 is 0 Å². The molecule has 1 amide bonds. The zero-order valence-electron chi connectivity index (χ0n) is 15.7. The molecule has 0 unspecified atom stereocenters. The second-order valence-electron chi connectivity index (χ2n) is 6.87. The first kappa shape index (κ1) is 21.9. The first-order valence-electron chi connectivity index (χ1n) is 8.25. The predicted octanol–water partition coefficient (Wildman–Crippen LogP) is 4.01. The number of carbonyl (C=O) groups excluding carboxylic acids is 1. The summed E-state index contributed by atoms with van der Waals surface area (Å²) in [7, 11) is 0. The molecule has 0 bridgehead atoms. The molecule has 0 saturated heterocycles. The number of amides is 1. The lowest BCUT2D eigenvalue weighted by Gasteiger charge is -2.20. The molecule has 0 aromatic carbocycles. The summed E-state index contributed by atoms with van der Waals surface area (Å²) in [6, 6.07) is 3.03. The van der Waals surface area contributed by atoms with Crippen LogP contribution in [0.5, 0.6) is 11.6 Å².